The van der Waals surface area contributed by atoms with Crippen molar-refractivity contribution in [1.82, 2.24) is 5.32 Å². The Labute approximate surface area is 105 Å². The number of rotatable bonds is 6. The van der Waals surface area contributed by atoms with Crippen LogP contribution in [-0.4, -0.2) is 11.5 Å². The highest BCUT2D eigenvalue weighted by Crippen LogP contribution is 2.21. The van der Waals surface area contributed by atoms with E-state index in [0.29, 0.717) is 11.6 Å². The summed E-state index contributed by atoms with van der Waals surface area (Å²) in [5.41, 5.74) is 0.820. The molecule has 0 spiro atoms. The van der Waals surface area contributed by atoms with Crippen LogP contribution in [0.15, 0.2) is 30.4 Å². The summed E-state index contributed by atoms with van der Waals surface area (Å²) in [6.45, 7) is 3.33. The minimum atomic E-state index is -0.417. The Hall–Kier alpha value is -1.39. The summed E-state index contributed by atoms with van der Waals surface area (Å²) < 4.78 is 0. The zero-order valence-electron chi connectivity index (χ0n) is 9.65. The second-order valence-electron chi connectivity index (χ2n) is 3.57. The lowest BCUT2D eigenvalue weighted by atomic mass is 10.2. The van der Waals surface area contributed by atoms with E-state index in [1.807, 2.05) is 13.0 Å². The number of hydrogen-bond acceptors (Lipinski definition) is 3. The Kier molecular flexibility index (Phi) is 5.66. The van der Waals surface area contributed by atoms with Crippen LogP contribution in [0.1, 0.15) is 18.9 Å². The molecule has 0 radical (unpaired) electrons. The van der Waals surface area contributed by atoms with E-state index in [9.17, 15) is 10.1 Å². The van der Waals surface area contributed by atoms with Gasteiger partial charge in [0.25, 0.3) is 5.69 Å². The van der Waals surface area contributed by atoms with Crippen molar-refractivity contribution in [3.8, 4) is 0 Å². The van der Waals surface area contributed by atoms with Crippen molar-refractivity contribution in [1.29, 1.82) is 0 Å². The number of hydrogen-bond donors (Lipinski definition) is 1. The van der Waals surface area contributed by atoms with Gasteiger partial charge in [-0.1, -0.05) is 23.8 Å². The lowest BCUT2D eigenvalue weighted by molar-refractivity contribution is -0.384. The van der Waals surface area contributed by atoms with E-state index in [-0.39, 0.29) is 5.69 Å². The van der Waals surface area contributed by atoms with E-state index >= 15 is 0 Å². The summed E-state index contributed by atoms with van der Waals surface area (Å²) >= 11 is 5.96. The Morgan fingerprint density at radius 3 is 2.94 bits per heavy atom. The second-order valence-corrected chi connectivity index (χ2v) is 3.97. The molecule has 0 heterocycles. The van der Waals surface area contributed by atoms with Crippen LogP contribution in [0.2, 0.25) is 5.02 Å². The van der Waals surface area contributed by atoms with Crippen molar-refractivity contribution >= 4 is 17.3 Å². The third-order valence-electron chi connectivity index (χ3n) is 2.28. The summed E-state index contributed by atoms with van der Waals surface area (Å²) in [7, 11) is 0. The summed E-state index contributed by atoms with van der Waals surface area (Å²) in [4.78, 5) is 10.2. The molecule has 0 atom stereocenters. The van der Waals surface area contributed by atoms with Gasteiger partial charge in [0.1, 0.15) is 0 Å². The normalized spacial score (nSPS) is 10.9. The van der Waals surface area contributed by atoms with Crippen molar-refractivity contribution in [2.45, 2.75) is 19.9 Å². The molecule has 0 aliphatic rings. The maximum absolute atomic E-state index is 10.6. The van der Waals surface area contributed by atoms with Crippen molar-refractivity contribution in [2.24, 2.45) is 0 Å². The van der Waals surface area contributed by atoms with Crippen LogP contribution in [0.3, 0.4) is 0 Å². The molecule has 1 aromatic carbocycles. The zero-order chi connectivity index (χ0) is 12.7. The van der Waals surface area contributed by atoms with Gasteiger partial charge in [-0.2, -0.15) is 0 Å². The molecule has 1 N–H and O–H groups in total. The SMILES string of the molecule is C/C=C/CCNCc1cc([N+](=O)[O-])ccc1Cl. The van der Waals surface area contributed by atoms with Gasteiger partial charge in [-0.05, 0) is 31.5 Å². The minimum Gasteiger partial charge on any atom is -0.312 e. The highest BCUT2D eigenvalue weighted by molar-refractivity contribution is 6.31. The quantitative estimate of drug-likeness (QED) is 0.367. The van der Waals surface area contributed by atoms with Gasteiger partial charge in [-0.25, -0.2) is 0 Å². The highest BCUT2D eigenvalue weighted by Gasteiger charge is 2.08. The first kappa shape index (κ1) is 13.7. The van der Waals surface area contributed by atoms with Crippen LogP contribution >= 0.6 is 11.6 Å². The average Bonchev–Trinajstić information content (AvgIpc) is 2.30. The van der Waals surface area contributed by atoms with Crippen molar-refractivity contribution in [3.63, 3.8) is 0 Å². The van der Waals surface area contributed by atoms with Crippen LogP contribution in [0.4, 0.5) is 5.69 Å². The number of non-ortho nitro benzene ring substituents is 1. The second kappa shape index (κ2) is 7.04. The first-order valence-corrected chi connectivity index (χ1v) is 5.77. The molecule has 0 aromatic heterocycles. The van der Waals surface area contributed by atoms with E-state index in [4.69, 9.17) is 11.6 Å². The van der Waals surface area contributed by atoms with Gasteiger partial charge < -0.3 is 5.32 Å². The molecule has 92 valence electrons. The van der Waals surface area contributed by atoms with E-state index in [0.717, 1.165) is 18.5 Å². The number of nitro groups is 1. The van der Waals surface area contributed by atoms with E-state index in [1.54, 1.807) is 6.07 Å². The summed E-state index contributed by atoms with van der Waals surface area (Å²) in [6, 6.07) is 4.47. The molecule has 5 heteroatoms. The fourth-order valence-electron chi connectivity index (χ4n) is 1.39. The van der Waals surface area contributed by atoms with Crippen LogP contribution in [0.5, 0.6) is 0 Å². The van der Waals surface area contributed by atoms with Crippen LogP contribution < -0.4 is 5.32 Å². The molecule has 0 bridgehead atoms. The molecular weight excluding hydrogens is 240 g/mol. The molecule has 0 unspecified atom stereocenters. The monoisotopic (exact) mass is 254 g/mol. The number of allylic oxidation sites excluding steroid dienone is 1. The fourth-order valence-corrected chi connectivity index (χ4v) is 1.57. The highest BCUT2D eigenvalue weighted by atomic mass is 35.5. The third-order valence-corrected chi connectivity index (χ3v) is 2.65. The number of nitrogens with zero attached hydrogens (tertiary/aromatic N) is 1. The van der Waals surface area contributed by atoms with Gasteiger partial charge >= 0.3 is 0 Å². The van der Waals surface area contributed by atoms with E-state index in [1.165, 1.54) is 12.1 Å². The Morgan fingerprint density at radius 1 is 1.53 bits per heavy atom. The fraction of sp³-hybridized carbons (Fsp3) is 0.333. The summed E-state index contributed by atoms with van der Waals surface area (Å²) in [5.74, 6) is 0. The summed E-state index contributed by atoms with van der Waals surface area (Å²) in [6.07, 6.45) is 4.98. The average molecular weight is 255 g/mol. The Balaban J connectivity index is 2.57. The molecular formula is C12H15ClN2O2. The predicted octanol–water partition coefficient (Wildman–Crippen LogP) is 3.30. The number of benzene rings is 1. The maximum Gasteiger partial charge on any atom is 0.269 e. The lowest BCUT2D eigenvalue weighted by Gasteiger charge is -2.05. The molecule has 0 fully saturated rings. The standard InChI is InChI=1S/C12H15ClN2O2/c1-2-3-4-7-14-9-10-8-11(15(16)17)5-6-12(10)13/h2-3,5-6,8,14H,4,7,9H2,1H3/b3-2+. The molecule has 4 nitrogen and oxygen atoms in total. The molecule has 0 amide bonds. The first-order chi connectivity index (χ1) is 8.15. The van der Waals surface area contributed by atoms with Crippen molar-refractivity contribution in [3.05, 3.63) is 51.1 Å². The Morgan fingerprint density at radius 2 is 2.29 bits per heavy atom. The largest absolute Gasteiger partial charge is 0.312 e. The first-order valence-electron chi connectivity index (χ1n) is 5.40. The predicted molar refractivity (Wildman–Crippen MR) is 69.2 cm³/mol. The molecule has 0 saturated carbocycles. The zero-order valence-corrected chi connectivity index (χ0v) is 10.4. The minimum absolute atomic E-state index is 0.0691. The molecule has 1 rings (SSSR count). The summed E-state index contributed by atoms with van der Waals surface area (Å²) in [5, 5.41) is 14.3. The van der Waals surface area contributed by atoms with E-state index in [2.05, 4.69) is 11.4 Å². The van der Waals surface area contributed by atoms with E-state index < -0.39 is 4.92 Å². The maximum atomic E-state index is 10.6. The molecule has 0 aliphatic carbocycles. The van der Waals surface area contributed by atoms with Gasteiger partial charge in [0.05, 0.1) is 4.92 Å². The lowest BCUT2D eigenvalue weighted by Crippen LogP contribution is -2.14. The van der Waals surface area contributed by atoms with Crippen LogP contribution in [-0.2, 0) is 6.54 Å². The van der Waals surface area contributed by atoms with Crippen molar-refractivity contribution in [2.75, 3.05) is 6.54 Å². The van der Waals surface area contributed by atoms with Gasteiger partial charge in [0, 0.05) is 23.7 Å². The van der Waals surface area contributed by atoms with Gasteiger partial charge in [0.15, 0.2) is 0 Å². The number of halogens is 1. The topological polar surface area (TPSA) is 55.2 Å². The van der Waals surface area contributed by atoms with Crippen molar-refractivity contribution < 1.29 is 4.92 Å². The smallest absolute Gasteiger partial charge is 0.269 e. The molecule has 1 aromatic rings. The van der Waals surface area contributed by atoms with Crippen LogP contribution in [0, 0.1) is 10.1 Å². The number of nitrogens with one attached hydrogen (secondary N) is 1. The molecule has 17 heavy (non-hydrogen) atoms. The molecule has 0 aliphatic heterocycles. The molecule has 0 saturated heterocycles. The third kappa shape index (κ3) is 4.54. The van der Waals surface area contributed by atoms with Gasteiger partial charge in [0.2, 0.25) is 0 Å². The van der Waals surface area contributed by atoms with Crippen LogP contribution in [0.25, 0.3) is 0 Å². The van der Waals surface area contributed by atoms with Gasteiger partial charge in [-0.15, -0.1) is 0 Å². The Bertz CT molecular complexity index is 419. The van der Waals surface area contributed by atoms with Gasteiger partial charge in [-0.3, -0.25) is 10.1 Å². The number of nitro benzene ring substituents is 1.